The molecule has 2 N–H and O–H groups in total. The zero-order valence-electron chi connectivity index (χ0n) is 8.76. The van der Waals surface area contributed by atoms with E-state index in [-0.39, 0.29) is 5.75 Å². The van der Waals surface area contributed by atoms with Gasteiger partial charge in [0.2, 0.25) is 0 Å². The monoisotopic (exact) mass is 290 g/mol. The van der Waals surface area contributed by atoms with Gasteiger partial charge in [0, 0.05) is 16.5 Å². The van der Waals surface area contributed by atoms with Gasteiger partial charge in [0.15, 0.2) is 17.3 Å². The lowest BCUT2D eigenvalue weighted by Gasteiger charge is -2.15. The number of aliphatic hydroxyl groups is 1. The minimum absolute atomic E-state index is 0.0900. The van der Waals surface area contributed by atoms with E-state index in [1.165, 1.54) is 13.2 Å². The SMILES string of the molecule is COc1c(O)c(F)cc(Br)c1CC1(O)CC1. The van der Waals surface area contributed by atoms with Crippen LogP contribution in [0.2, 0.25) is 0 Å². The third-order valence-electron chi connectivity index (χ3n) is 2.79. The van der Waals surface area contributed by atoms with E-state index >= 15 is 0 Å². The fourth-order valence-electron chi connectivity index (χ4n) is 1.66. The molecule has 1 saturated carbocycles. The Morgan fingerprint density at radius 2 is 2.19 bits per heavy atom. The number of halogens is 2. The first-order chi connectivity index (χ1) is 7.47. The summed E-state index contributed by atoms with van der Waals surface area (Å²) in [6, 6.07) is 1.18. The van der Waals surface area contributed by atoms with E-state index in [9.17, 15) is 14.6 Å². The lowest BCUT2D eigenvalue weighted by atomic mass is 10.0. The Morgan fingerprint density at radius 1 is 1.56 bits per heavy atom. The van der Waals surface area contributed by atoms with Gasteiger partial charge in [-0.3, -0.25) is 0 Å². The predicted octanol–water partition coefficient (Wildman–Crippen LogP) is 2.37. The van der Waals surface area contributed by atoms with Gasteiger partial charge < -0.3 is 14.9 Å². The molecule has 1 aromatic rings. The Bertz CT molecular complexity index is 430. The van der Waals surface area contributed by atoms with Crippen LogP contribution in [0.25, 0.3) is 0 Å². The molecule has 0 unspecified atom stereocenters. The molecule has 1 aromatic carbocycles. The van der Waals surface area contributed by atoms with E-state index in [4.69, 9.17) is 4.74 Å². The Morgan fingerprint density at radius 3 is 2.69 bits per heavy atom. The van der Waals surface area contributed by atoms with Gasteiger partial charge in [-0.1, -0.05) is 15.9 Å². The van der Waals surface area contributed by atoms with Crippen molar-refractivity contribution in [3.8, 4) is 11.5 Å². The average Bonchev–Trinajstić information content (AvgIpc) is 2.94. The molecule has 0 aromatic heterocycles. The maximum Gasteiger partial charge on any atom is 0.194 e. The number of hydrogen-bond donors (Lipinski definition) is 2. The van der Waals surface area contributed by atoms with Gasteiger partial charge in [-0.15, -0.1) is 0 Å². The van der Waals surface area contributed by atoms with Crippen molar-refractivity contribution in [2.24, 2.45) is 0 Å². The molecule has 0 spiro atoms. The van der Waals surface area contributed by atoms with Gasteiger partial charge in [0.1, 0.15) is 0 Å². The van der Waals surface area contributed by atoms with Crippen LogP contribution < -0.4 is 4.74 Å². The normalized spacial score (nSPS) is 17.2. The van der Waals surface area contributed by atoms with Crippen molar-refractivity contribution in [2.45, 2.75) is 24.9 Å². The van der Waals surface area contributed by atoms with Crippen molar-refractivity contribution in [2.75, 3.05) is 7.11 Å². The summed E-state index contributed by atoms with van der Waals surface area (Å²) >= 11 is 3.21. The van der Waals surface area contributed by atoms with E-state index in [1.807, 2.05) is 0 Å². The largest absolute Gasteiger partial charge is 0.502 e. The summed E-state index contributed by atoms with van der Waals surface area (Å²) in [6.07, 6.45) is 1.80. The van der Waals surface area contributed by atoms with Crippen LogP contribution in [0.15, 0.2) is 10.5 Å². The summed E-state index contributed by atoms with van der Waals surface area (Å²) in [7, 11) is 1.36. The molecule has 0 aliphatic heterocycles. The highest BCUT2D eigenvalue weighted by atomic mass is 79.9. The van der Waals surface area contributed by atoms with Crippen molar-refractivity contribution in [3.63, 3.8) is 0 Å². The van der Waals surface area contributed by atoms with E-state index in [0.29, 0.717) is 16.5 Å². The smallest absolute Gasteiger partial charge is 0.194 e. The maximum absolute atomic E-state index is 13.2. The quantitative estimate of drug-likeness (QED) is 0.899. The minimum Gasteiger partial charge on any atom is -0.502 e. The molecule has 3 nitrogen and oxygen atoms in total. The highest BCUT2D eigenvalue weighted by Gasteiger charge is 2.41. The molecule has 88 valence electrons. The van der Waals surface area contributed by atoms with Crippen molar-refractivity contribution in [1.29, 1.82) is 0 Å². The Kier molecular flexibility index (Phi) is 2.84. The topological polar surface area (TPSA) is 49.7 Å². The number of rotatable bonds is 3. The second-order valence-corrected chi connectivity index (χ2v) is 4.96. The van der Waals surface area contributed by atoms with Crippen LogP contribution in [-0.4, -0.2) is 22.9 Å². The van der Waals surface area contributed by atoms with Crippen LogP contribution in [-0.2, 0) is 6.42 Å². The summed E-state index contributed by atoms with van der Waals surface area (Å²) in [6.45, 7) is 0. The molecule has 5 heteroatoms. The highest BCUT2D eigenvalue weighted by Crippen LogP contribution is 2.45. The summed E-state index contributed by atoms with van der Waals surface area (Å²) in [5.74, 6) is -1.16. The molecular weight excluding hydrogens is 279 g/mol. The molecule has 2 rings (SSSR count). The molecular formula is C11H12BrFO3. The molecule has 16 heavy (non-hydrogen) atoms. The minimum atomic E-state index is -0.740. The van der Waals surface area contributed by atoms with E-state index in [2.05, 4.69) is 15.9 Å². The van der Waals surface area contributed by atoms with Gasteiger partial charge in [-0.2, -0.15) is 0 Å². The third kappa shape index (κ3) is 2.01. The third-order valence-corrected chi connectivity index (χ3v) is 3.50. The summed E-state index contributed by atoms with van der Waals surface area (Å²) < 4.78 is 18.7. The average molecular weight is 291 g/mol. The van der Waals surface area contributed by atoms with Gasteiger partial charge in [0.25, 0.3) is 0 Å². The first-order valence-corrected chi connectivity index (χ1v) is 5.72. The van der Waals surface area contributed by atoms with Crippen LogP contribution in [0, 0.1) is 5.82 Å². The fourth-order valence-corrected chi connectivity index (χ4v) is 2.18. The van der Waals surface area contributed by atoms with Crippen molar-refractivity contribution < 1.29 is 19.3 Å². The van der Waals surface area contributed by atoms with Gasteiger partial charge in [-0.05, 0) is 18.9 Å². The molecule has 1 fully saturated rings. The van der Waals surface area contributed by atoms with Crippen LogP contribution in [0.5, 0.6) is 11.5 Å². The second-order valence-electron chi connectivity index (χ2n) is 4.10. The number of ether oxygens (including phenoxy) is 1. The summed E-state index contributed by atoms with van der Waals surface area (Å²) in [5.41, 5.74) is -0.124. The number of phenolic OH excluding ortho intramolecular Hbond substituents is 1. The maximum atomic E-state index is 13.2. The van der Waals surface area contributed by atoms with Crippen molar-refractivity contribution >= 4 is 15.9 Å². The number of benzene rings is 1. The van der Waals surface area contributed by atoms with Crippen LogP contribution in [0.3, 0.4) is 0 Å². The number of hydrogen-bond acceptors (Lipinski definition) is 3. The Labute approximate surface area is 101 Å². The first kappa shape index (κ1) is 11.7. The predicted molar refractivity (Wildman–Crippen MR) is 60.2 cm³/mol. The van der Waals surface area contributed by atoms with Crippen molar-refractivity contribution in [3.05, 3.63) is 21.9 Å². The molecule has 1 aliphatic rings. The highest BCUT2D eigenvalue weighted by molar-refractivity contribution is 9.10. The zero-order valence-corrected chi connectivity index (χ0v) is 10.3. The van der Waals surface area contributed by atoms with Crippen molar-refractivity contribution in [1.82, 2.24) is 0 Å². The summed E-state index contributed by atoms with van der Waals surface area (Å²) in [4.78, 5) is 0. The number of aromatic hydroxyl groups is 1. The van der Waals surface area contributed by atoms with Crippen LogP contribution in [0.1, 0.15) is 18.4 Å². The molecule has 0 radical (unpaired) electrons. The van der Waals surface area contributed by atoms with Crippen LogP contribution >= 0.6 is 15.9 Å². The first-order valence-electron chi connectivity index (χ1n) is 4.93. The lowest BCUT2D eigenvalue weighted by Crippen LogP contribution is -2.12. The molecule has 0 bridgehead atoms. The van der Waals surface area contributed by atoms with Gasteiger partial charge in [-0.25, -0.2) is 4.39 Å². The molecule has 0 atom stereocenters. The molecule has 0 amide bonds. The van der Waals surface area contributed by atoms with Gasteiger partial charge in [0.05, 0.1) is 12.7 Å². The van der Waals surface area contributed by atoms with Gasteiger partial charge >= 0.3 is 0 Å². The Hall–Kier alpha value is -0.810. The lowest BCUT2D eigenvalue weighted by molar-refractivity contribution is 0.149. The standard InChI is InChI=1S/C11H12BrFO3/c1-16-10-6(5-11(15)2-3-11)7(12)4-8(13)9(10)14/h4,14-15H,2-3,5H2,1H3. The zero-order chi connectivity index (χ0) is 11.9. The van der Waals surface area contributed by atoms with E-state index in [1.54, 1.807) is 0 Å². The number of phenols is 1. The van der Waals surface area contributed by atoms with E-state index < -0.39 is 17.2 Å². The van der Waals surface area contributed by atoms with Crippen LogP contribution in [0.4, 0.5) is 4.39 Å². The molecule has 1 aliphatic carbocycles. The van der Waals surface area contributed by atoms with E-state index in [0.717, 1.165) is 12.8 Å². The molecule has 0 saturated heterocycles. The Balaban J connectivity index is 2.45. The number of methoxy groups -OCH3 is 1. The molecule has 0 heterocycles. The summed E-state index contributed by atoms with van der Waals surface area (Å²) in [5, 5.41) is 19.4. The fraction of sp³-hybridized carbons (Fsp3) is 0.455. The second kappa shape index (κ2) is 3.89.